The van der Waals surface area contributed by atoms with Crippen molar-refractivity contribution in [3.63, 3.8) is 0 Å². The first-order valence-electron chi connectivity index (χ1n) is 1.71. The molecule has 2 N–H and O–H groups in total. The number of hydrogen-bond acceptors (Lipinski definition) is 3. The molecule has 0 aliphatic rings. The highest BCUT2D eigenvalue weighted by Gasteiger charge is 1.95. The third kappa shape index (κ3) is 0.703. The van der Waals surface area contributed by atoms with E-state index in [4.69, 9.17) is 5.73 Å². The van der Waals surface area contributed by atoms with Crippen LogP contribution in [0.3, 0.4) is 0 Å². The highest BCUT2D eigenvalue weighted by Crippen LogP contribution is 2.16. The molecule has 0 aromatic carbocycles. The van der Waals surface area contributed by atoms with Crippen molar-refractivity contribution >= 4 is 15.9 Å². The number of thiazole rings is 1. The summed E-state index contributed by atoms with van der Waals surface area (Å²) in [6, 6.07) is 0. The fraction of sp³-hybridized carbons (Fsp3) is 0. The Hall–Kier alpha value is -0.610. The van der Waals surface area contributed by atoms with Gasteiger partial charge in [-0.3, -0.25) is 0 Å². The quantitative estimate of drug-likeness (QED) is 0.499. The van der Waals surface area contributed by atoms with Crippen molar-refractivity contribution in [2.75, 3.05) is 5.73 Å². The Morgan fingerprint density at radius 1 is 1.86 bits per heavy atom. The summed E-state index contributed by atoms with van der Waals surface area (Å²) < 4.78 is 10.3. The topological polar surface area (TPSA) is 62.0 Å². The molecule has 1 aromatic rings. The molecule has 1 heterocycles. The fourth-order valence-electron chi connectivity index (χ4n) is 0.281. The first kappa shape index (κ1) is 4.55. The first-order valence-corrected chi connectivity index (χ1v) is 2.92. The van der Waals surface area contributed by atoms with Crippen LogP contribution in [0.1, 0.15) is 0 Å². The van der Waals surface area contributed by atoms with Gasteiger partial charge in [-0.25, -0.2) is 0 Å². The van der Waals surface area contributed by atoms with Gasteiger partial charge in [0.2, 0.25) is 0 Å². The average molecular weight is 116 g/mol. The van der Waals surface area contributed by atoms with Crippen LogP contribution in [-0.4, -0.2) is 9.54 Å². The van der Waals surface area contributed by atoms with Crippen molar-refractivity contribution in [2.45, 2.75) is 0 Å². The summed E-state index contributed by atoms with van der Waals surface area (Å²) in [5, 5.41) is 1.63. The average Bonchev–Trinajstić information content (AvgIpc) is 1.91. The lowest BCUT2D eigenvalue weighted by atomic mass is 11.0. The van der Waals surface area contributed by atoms with E-state index in [0.29, 0.717) is 0 Å². The van der Waals surface area contributed by atoms with Gasteiger partial charge >= 0.3 is 5.13 Å². The van der Waals surface area contributed by atoms with Crippen LogP contribution in [0.4, 0.5) is 5.13 Å². The van der Waals surface area contributed by atoms with E-state index in [2.05, 4.69) is 4.98 Å². The largest absolute Gasteiger partial charge is 0.588 e. The minimum atomic E-state index is -1.12. The Balaban J connectivity index is 3.12. The van der Waals surface area contributed by atoms with E-state index >= 15 is 0 Å². The molecule has 1 atom stereocenters. The molecule has 1 rings (SSSR count). The second kappa shape index (κ2) is 1.48. The normalized spacial score (nSPS) is 11.9. The van der Waals surface area contributed by atoms with Crippen molar-refractivity contribution in [3.05, 3.63) is 11.6 Å². The van der Waals surface area contributed by atoms with Crippen molar-refractivity contribution in [1.29, 1.82) is 0 Å². The molecule has 1 unspecified atom stereocenters. The molecular formula is C3H4N2OS. The fourth-order valence-corrected chi connectivity index (χ4v) is 0.756. The molecule has 38 valence electrons. The molecule has 0 fully saturated rings. The van der Waals surface area contributed by atoms with Crippen LogP contribution in [0, 0.1) is 0 Å². The van der Waals surface area contributed by atoms with E-state index in [1.165, 1.54) is 11.6 Å². The minimum Gasteiger partial charge on any atom is -0.588 e. The lowest BCUT2D eigenvalue weighted by molar-refractivity contribution is 0.599. The number of rotatable bonds is 0. The molecule has 0 amide bonds. The van der Waals surface area contributed by atoms with Crippen molar-refractivity contribution in [2.24, 2.45) is 0 Å². The summed E-state index contributed by atoms with van der Waals surface area (Å²) in [6.07, 6.45) is 1.44. The summed E-state index contributed by atoms with van der Waals surface area (Å²) in [5.74, 6) is 0. The van der Waals surface area contributed by atoms with E-state index < -0.39 is 10.8 Å². The zero-order valence-electron chi connectivity index (χ0n) is 3.50. The Morgan fingerprint density at radius 2 is 2.57 bits per heavy atom. The standard InChI is InChI=1S/C3H4N2OS/c4-3-5-1-2-7(3)6/h1-2H,(H2,4,5). The predicted molar refractivity (Wildman–Crippen MR) is 27.3 cm³/mol. The first-order chi connectivity index (χ1) is 3.30. The maximum atomic E-state index is 10.3. The van der Waals surface area contributed by atoms with Gasteiger partial charge in [-0.05, 0) is 10.8 Å². The van der Waals surface area contributed by atoms with Crippen molar-refractivity contribution in [1.82, 2.24) is 4.98 Å². The van der Waals surface area contributed by atoms with Crippen LogP contribution in [0.15, 0.2) is 11.6 Å². The summed E-state index contributed by atoms with van der Waals surface area (Å²) in [4.78, 5) is 3.53. The summed E-state index contributed by atoms with van der Waals surface area (Å²) >= 11 is 0. The maximum absolute atomic E-state index is 10.3. The van der Waals surface area contributed by atoms with Gasteiger partial charge in [-0.2, -0.15) is 4.98 Å². The van der Waals surface area contributed by atoms with Gasteiger partial charge in [0.15, 0.2) is 5.38 Å². The van der Waals surface area contributed by atoms with Crippen LogP contribution in [0.5, 0.6) is 0 Å². The lowest BCUT2D eigenvalue weighted by Crippen LogP contribution is -1.80. The molecule has 7 heavy (non-hydrogen) atoms. The highest BCUT2D eigenvalue weighted by molar-refractivity contribution is 7.26. The molecule has 0 radical (unpaired) electrons. The number of nitrogen functional groups attached to an aromatic ring is 1. The monoisotopic (exact) mass is 116 g/mol. The van der Waals surface area contributed by atoms with Crippen LogP contribution >= 0.6 is 10.8 Å². The molecule has 0 saturated carbocycles. The molecule has 1 aromatic heterocycles. The molecule has 0 saturated heterocycles. The van der Waals surface area contributed by atoms with Crippen LogP contribution in [0.2, 0.25) is 0 Å². The number of nitrogens with two attached hydrogens (primary N) is 1. The molecule has 0 bridgehead atoms. The van der Waals surface area contributed by atoms with Gasteiger partial charge in [-0.1, -0.05) is 0 Å². The zero-order valence-corrected chi connectivity index (χ0v) is 4.31. The second-order valence-electron chi connectivity index (χ2n) is 1.05. The molecular weight excluding hydrogens is 112 g/mol. The molecule has 4 heteroatoms. The summed E-state index contributed by atoms with van der Waals surface area (Å²) in [6.45, 7) is 0. The number of hydrogen-bond donors (Lipinski definition) is 1. The van der Waals surface area contributed by atoms with E-state index in [0.717, 1.165) is 0 Å². The van der Waals surface area contributed by atoms with Gasteiger partial charge in [0.25, 0.3) is 0 Å². The minimum absolute atomic E-state index is 0.194. The van der Waals surface area contributed by atoms with Crippen LogP contribution < -0.4 is 5.73 Å². The third-order valence-corrected chi connectivity index (χ3v) is 1.48. The molecule has 0 aliphatic carbocycles. The smallest absolute Gasteiger partial charge is 0.336 e. The Labute approximate surface area is 43.6 Å². The number of nitrogens with zero attached hydrogens (tertiary/aromatic N) is 1. The molecule has 0 spiro atoms. The van der Waals surface area contributed by atoms with Crippen molar-refractivity contribution < 1.29 is 4.55 Å². The Morgan fingerprint density at radius 3 is 2.71 bits per heavy atom. The van der Waals surface area contributed by atoms with Gasteiger partial charge in [0.1, 0.15) is 0 Å². The van der Waals surface area contributed by atoms with Crippen molar-refractivity contribution in [3.8, 4) is 0 Å². The van der Waals surface area contributed by atoms with Gasteiger partial charge in [0.05, 0.1) is 6.20 Å². The number of anilines is 1. The lowest BCUT2D eigenvalue weighted by Gasteiger charge is -1.81. The van der Waals surface area contributed by atoms with Gasteiger partial charge in [0, 0.05) is 0 Å². The van der Waals surface area contributed by atoms with E-state index in [9.17, 15) is 4.55 Å². The second-order valence-corrected chi connectivity index (χ2v) is 2.34. The van der Waals surface area contributed by atoms with Crippen LogP contribution in [-0.2, 0) is 0 Å². The van der Waals surface area contributed by atoms with E-state index in [1.54, 1.807) is 0 Å². The SMILES string of the molecule is Nc1ncc[s+]1[O-]. The van der Waals surface area contributed by atoms with Gasteiger partial charge < -0.3 is 10.3 Å². The highest BCUT2D eigenvalue weighted by atomic mass is 32.2. The van der Waals surface area contributed by atoms with E-state index in [1.807, 2.05) is 0 Å². The molecule has 0 aliphatic heterocycles. The molecule has 3 nitrogen and oxygen atoms in total. The van der Waals surface area contributed by atoms with E-state index in [-0.39, 0.29) is 5.13 Å². The maximum Gasteiger partial charge on any atom is 0.336 e. The summed E-state index contributed by atoms with van der Waals surface area (Å²) in [7, 11) is -1.12. The Bertz CT molecular complexity index is 145. The van der Waals surface area contributed by atoms with Gasteiger partial charge in [-0.15, -0.1) is 0 Å². The zero-order chi connectivity index (χ0) is 5.28. The third-order valence-electron chi connectivity index (χ3n) is 0.592. The Kier molecular flexibility index (Phi) is 0.958. The van der Waals surface area contributed by atoms with Crippen LogP contribution in [0.25, 0.3) is 0 Å². The predicted octanol–water partition coefficient (Wildman–Crippen LogP) is 0.391. The number of aromatic nitrogens is 1. The summed E-state index contributed by atoms with van der Waals surface area (Å²) in [5.41, 5.74) is 5.07.